The van der Waals surface area contributed by atoms with Gasteiger partial charge in [0.25, 0.3) is 0 Å². The van der Waals surface area contributed by atoms with Crippen LogP contribution in [-0.4, -0.2) is 52.0 Å². The van der Waals surface area contributed by atoms with Crippen LogP contribution in [0.25, 0.3) is 33.6 Å². The van der Waals surface area contributed by atoms with E-state index < -0.39 is 11.6 Å². The highest BCUT2D eigenvalue weighted by atomic mass is 35.5. The number of carbonyl (C=O) groups excluding carboxylic acids is 1. The Labute approximate surface area is 217 Å². The molecule has 7 rings (SSSR count). The van der Waals surface area contributed by atoms with E-state index >= 15 is 4.39 Å². The number of oxazole rings is 1. The molecular formula is C25H18ClFN8O3. The summed E-state index contributed by atoms with van der Waals surface area (Å²) < 4.78 is 21.8. The first-order chi connectivity index (χ1) is 18.5. The second-order valence-corrected chi connectivity index (χ2v) is 9.69. The van der Waals surface area contributed by atoms with Gasteiger partial charge in [-0.05, 0) is 59.5 Å². The Kier molecular flexibility index (Phi) is 5.05. The molecule has 0 aliphatic carbocycles. The van der Waals surface area contributed by atoms with Gasteiger partial charge in [0.15, 0.2) is 11.4 Å². The zero-order valence-electron chi connectivity index (χ0n) is 19.6. The van der Waals surface area contributed by atoms with Crippen LogP contribution in [0.4, 0.5) is 4.39 Å². The summed E-state index contributed by atoms with van der Waals surface area (Å²) in [5, 5.41) is 11.1. The molecule has 1 amide bonds. The van der Waals surface area contributed by atoms with E-state index in [1.54, 1.807) is 29.3 Å². The first-order valence-electron chi connectivity index (χ1n) is 11.9. The minimum Gasteiger partial charge on any atom is -0.408 e. The van der Waals surface area contributed by atoms with Crippen LogP contribution in [0.15, 0.2) is 58.1 Å². The highest BCUT2D eigenvalue weighted by Gasteiger charge is 2.42. The van der Waals surface area contributed by atoms with Crippen molar-refractivity contribution in [3.05, 3.63) is 81.7 Å². The number of H-pyrrole nitrogens is 2. The van der Waals surface area contributed by atoms with Gasteiger partial charge in [0.1, 0.15) is 12.2 Å². The van der Waals surface area contributed by atoms with Crippen LogP contribution in [0, 0.1) is 5.82 Å². The smallest absolute Gasteiger partial charge is 0.408 e. The normalized spacial score (nSPS) is 19.3. The number of halogens is 2. The number of benzene rings is 2. The molecule has 0 spiro atoms. The van der Waals surface area contributed by atoms with Gasteiger partial charge in [0, 0.05) is 23.2 Å². The molecule has 1 unspecified atom stereocenters. The van der Waals surface area contributed by atoms with E-state index in [4.69, 9.17) is 16.0 Å². The summed E-state index contributed by atoms with van der Waals surface area (Å²) in [6, 6.07) is 8.06. The van der Waals surface area contributed by atoms with Crippen LogP contribution in [-0.2, 0) is 4.79 Å². The number of fused-ring (bicyclic) bond motifs is 2. The second-order valence-electron chi connectivity index (χ2n) is 9.28. The van der Waals surface area contributed by atoms with Crippen LogP contribution in [0.2, 0.25) is 5.02 Å². The van der Waals surface area contributed by atoms with Gasteiger partial charge >= 0.3 is 5.76 Å². The quantitative estimate of drug-likeness (QED) is 0.359. The number of hydrogen-bond donors (Lipinski definition) is 2. The molecule has 2 atom stereocenters. The highest BCUT2D eigenvalue weighted by molar-refractivity contribution is 6.31. The van der Waals surface area contributed by atoms with Gasteiger partial charge in [-0.15, -0.1) is 5.10 Å². The lowest BCUT2D eigenvalue weighted by Gasteiger charge is -2.33. The third kappa shape index (κ3) is 3.56. The van der Waals surface area contributed by atoms with Crippen molar-refractivity contribution in [1.29, 1.82) is 0 Å². The zero-order valence-corrected chi connectivity index (χ0v) is 20.3. The fraction of sp³-hybridized carbons (Fsp3) is 0.200. The largest absolute Gasteiger partial charge is 0.417 e. The number of rotatable bonds is 4. The number of carbonyl (C=O) groups is 1. The van der Waals surface area contributed by atoms with Crippen LogP contribution in [0.3, 0.4) is 0 Å². The minimum absolute atomic E-state index is 0.0443. The Morgan fingerprint density at radius 2 is 2.03 bits per heavy atom. The third-order valence-electron chi connectivity index (χ3n) is 7.14. The summed E-state index contributed by atoms with van der Waals surface area (Å²) in [6.45, 7) is 0. The summed E-state index contributed by atoms with van der Waals surface area (Å²) in [5.41, 5.74) is 3.76. The van der Waals surface area contributed by atoms with E-state index in [2.05, 4.69) is 30.5 Å². The zero-order chi connectivity index (χ0) is 26.0. The monoisotopic (exact) mass is 532 g/mol. The number of tetrazole rings is 1. The third-order valence-corrected chi connectivity index (χ3v) is 7.44. The van der Waals surface area contributed by atoms with E-state index in [0.29, 0.717) is 41.0 Å². The minimum atomic E-state index is -0.618. The SMILES string of the molecule is O=C1C=C(c2c(-n3cnnn3)ccc(Cl)c2F)CC2CC[C@@H](c3ncc(-c4ccc5[nH]c(=O)oc5c4)[nH]3)N12. The Morgan fingerprint density at radius 1 is 1.13 bits per heavy atom. The average Bonchev–Trinajstić information content (AvgIpc) is 3.70. The molecule has 11 nitrogen and oxygen atoms in total. The van der Waals surface area contributed by atoms with Crippen molar-refractivity contribution >= 4 is 34.2 Å². The molecule has 2 aliphatic rings. The highest BCUT2D eigenvalue weighted by Crippen LogP contribution is 2.44. The lowest BCUT2D eigenvalue weighted by molar-refractivity contribution is -0.129. The predicted octanol–water partition coefficient (Wildman–Crippen LogP) is 3.80. The number of nitrogens with zero attached hydrogens (tertiary/aromatic N) is 6. The summed E-state index contributed by atoms with van der Waals surface area (Å²) in [4.78, 5) is 37.2. The van der Waals surface area contributed by atoms with Gasteiger partial charge in [-0.2, -0.15) is 4.68 Å². The Hall–Kier alpha value is -4.58. The van der Waals surface area contributed by atoms with E-state index in [1.165, 1.54) is 23.2 Å². The van der Waals surface area contributed by atoms with Crippen molar-refractivity contribution in [2.24, 2.45) is 0 Å². The Morgan fingerprint density at radius 3 is 2.87 bits per heavy atom. The van der Waals surface area contributed by atoms with Gasteiger partial charge in [0.2, 0.25) is 5.91 Å². The lowest BCUT2D eigenvalue weighted by atomic mass is 9.92. The number of amides is 1. The van der Waals surface area contributed by atoms with E-state index in [1.807, 2.05) is 6.07 Å². The number of nitrogens with one attached hydrogen (secondary N) is 2. The van der Waals surface area contributed by atoms with Crippen molar-refractivity contribution in [2.45, 2.75) is 31.3 Å². The summed E-state index contributed by atoms with van der Waals surface area (Å²) in [5.74, 6) is -0.702. The van der Waals surface area contributed by atoms with Crippen molar-refractivity contribution in [1.82, 2.24) is 40.1 Å². The number of imidazole rings is 1. The molecule has 1 fully saturated rings. The van der Waals surface area contributed by atoms with Gasteiger partial charge in [-0.1, -0.05) is 17.7 Å². The predicted molar refractivity (Wildman–Crippen MR) is 134 cm³/mol. The summed E-state index contributed by atoms with van der Waals surface area (Å²) >= 11 is 6.11. The standard InChI is InChI=1S/C25H18ClFN8O3/c26-15-3-6-18(34-11-29-32-33-34)22(23(15)27)13-7-14-2-5-19(35(14)21(36)9-13)24-28-10-17(30-24)12-1-4-16-20(8-12)38-25(37)31-16/h1,3-4,6,8-11,14,19H,2,5,7H2,(H,28,30)(H,31,37)/t14?,19-/m0/s1. The first kappa shape index (κ1) is 22.6. The Bertz CT molecular complexity index is 1800. The molecule has 190 valence electrons. The molecule has 13 heteroatoms. The number of aromatic amines is 2. The van der Waals surface area contributed by atoms with Crippen LogP contribution in [0.1, 0.15) is 36.7 Å². The van der Waals surface area contributed by atoms with Crippen LogP contribution in [0.5, 0.6) is 0 Å². The van der Waals surface area contributed by atoms with Crippen molar-refractivity contribution in [2.75, 3.05) is 0 Å². The molecule has 5 aromatic rings. The molecule has 0 bridgehead atoms. The molecule has 38 heavy (non-hydrogen) atoms. The van der Waals surface area contributed by atoms with Gasteiger partial charge in [-0.25, -0.2) is 14.2 Å². The topological polar surface area (TPSA) is 139 Å². The molecule has 2 aromatic carbocycles. The summed E-state index contributed by atoms with van der Waals surface area (Å²) in [7, 11) is 0. The van der Waals surface area contributed by atoms with Crippen LogP contribution >= 0.6 is 11.6 Å². The van der Waals surface area contributed by atoms with Gasteiger partial charge < -0.3 is 14.3 Å². The number of hydrogen-bond acceptors (Lipinski definition) is 7. The van der Waals surface area contributed by atoms with Crippen molar-refractivity contribution < 1.29 is 13.6 Å². The maximum Gasteiger partial charge on any atom is 0.417 e. The maximum atomic E-state index is 15.3. The van der Waals surface area contributed by atoms with Crippen molar-refractivity contribution in [3.8, 4) is 16.9 Å². The average molecular weight is 533 g/mol. The molecule has 1 saturated heterocycles. The summed E-state index contributed by atoms with van der Waals surface area (Å²) in [6.07, 6.45) is 6.41. The van der Waals surface area contributed by atoms with Crippen LogP contribution < -0.4 is 5.76 Å². The van der Waals surface area contributed by atoms with Gasteiger partial charge in [-0.3, -0.25) is 9.78 Å². The fourth-order valence-electron chi connectivity index (χ4n) is 5.47. The number of aromatic nitrogens is 7. The van der Waals surface area contributed by atoms with E-state index in [-0.39, 0.29) is 28.6 Å². The molecular weight excluding hydrogens is 515 g/mol. The lowest BCUT2D eigenvalue weighted by Crippen LogP contribution is -2.39. The first-order valence-corrected chi connectivity index (χ1v) is 12.3. The molecule has 0 radical (unpaired) electrons. The molecule has 3 aromatic heterocycles. The fourth-order valence-corrected chi connectivity index (χ4v) is 5.63. The molecule has 5 heterocycles. The van der Waals surface area contributed by atoms with Gasteiger partial charge in [0.05, 0.1) is 34.2 Å². The molecule has 0 saturated carbocycles. The Balaban J connectivity index is 1.21. The molecule has 2 N–H and O–H groups in total. The molecule has 2 aliphatic heterocycles. The van der Waals surface area contributed by atoms with E-state index in [0.717, 1.165) is 17.7 Å². The van der Waals surface area contributed by atoms with Crippen molar-refractivity contribution in [3.63, 3.8) is 0 Å². The second kappa shape index (κ2) is 8.48. The van der Waals surface area contributed by atoms with E-state index in [9.17, 15) is 9.59 Å². The maximum absolute atomic E-state index is 15.3.